The van der Waals surface area contributed by atoms with Gasteiger partial charge in [0.05, 0.1) is 24.4 Å². The standard InChI is InChI=1S/C21H20N2O4/c1-14(2)23-13-15(12-22-23)19(24)10-8-16-9-11-20(27-16)17-6-4-5-7-18(17)21(25)26-3/h4-14H,1-3H3. The number of ketones is 1. The van der Waals surface area contributed by atoms with Gasteiger partial charge in [-0.05, 0) is 44.2 Å². The van der Waals surface area contributed by atoms with Crippen molar-refractivity contribution in [3.8, 4) is 11.3 Å². The zero-order chi connectivity index (χ0) is 19.4. The Hall–Kier alpha value is -3.41. The van der Waals surface area contributed by atoms with Gasteiger partial charge in [-0.2, -0.15) is 5.10 Å². The number of methoxy groups -OCH3 is 1. The zero-order valence-electron chi connectivity index (χ0n) is 15.4. The van der Waals surface area contributed by atoms with Crippen LogP contribution in [0.5, 0.6) is 0 Å². The van der Waals surface area contributed by atoms with Crippen LogP contribution in [0.15, 0.2) is 59.3 Å². The molecular formula is C21H20N2O4. The molecule has 1 aromatic carbocycles. The summed E-state index contributed by atoms with van der Waals surface area (Å²) in [6, 6.07) is 10.7. The molecule has 0 amide bonds. The van der Waals surface area contributed by atoms with Crippen LogP contribution >= 0.6 is 0 Å². The van der Waals surface area contributed by atoms with Crippen LogP contribution in [-0.4, -0.2) is 28.6 Å². The predicted molar refractivity (Wildman–Crippen MR) is 101 cm³/mol. The first-order valence-corrected chi connectivity index (χ1v) is 8.53. The van der Waals surface area contributed by atoms with Gasteiger partial charge in [-0.1, -0.05) is 18.2 Å². The third-order valence-corrected chi connectivity index (χ3v) is 4.04. The van der Waals surface area contributed by atoms with Gasteiger partial charge in [0.15, 0.2) is 5.78 Å². The fourth-order valence-electron chi connectivity index (χ4n) is 2.57. The number of hydrogen-bond acceptors (Lipinski definition) is 5. The molecular weight excluding hydrogens is 344 g/mol. The summed E-state index contributed by atoms with van der Waals surface area (Å²) in [5.41, 5.74) is 1.57. The molecule has 0 spiro atoms. The number of esters is 1. The number of aromatic nitrogens is 2. The number of rotatable bonds is 6. The highest BCUT2D eigenvalue weighted by Crippen LogP contribution is 2.27. The molecule has 0 N–H and O–H groups in total. The van der Waals surface area contributed by atoms with E-state index in [2.05, 4.69) is 5.10 Å². The van der Waals surface area contributed by atoms with Crippen LogP contribution in [0.2, 0.25) is 0 Å². The minimum Gasteiger partial charge on any atom is -0.465 e. The average Bonchev–Trinajstić information content (AvgIpc) is 3.35. The number of nitrogens with zero attached hydrogens (tertiary/aromatic N) is 2. The highest BCUT2D eigenvalue weighted by Gasteiger charge is 2.15. The van der Waals surface area contributed by atoms with E-state index < -0.39 is 5.97 Å². The summed E-state index contributed by atoms with van der Waals surface area (Å²) in [5, 5.41) is 4.16. The molecule has 6 nitrogen and oxygen atoms in total. The minimum atomic E-state index is -0.434. The number of carbonyl (C=O) groups excluding carboxylic acids is 2. The number of furan rings is 1. The average molecular weight is 364 g/mol. The maximum atomic E-state index is 12.3. The van der Waals surface area contributed by atoms with Crippen LogP contribution in [0.3, 0.4) is 0 Å². The fraction of sp³-hybridized carbons (Fsp3) is 0.190. The van der Waals surface area contributed by atoms with E-state index in [0.717, 1.165) is 0 Å². The molecule has 0 saturated carbocycles. The lowest BCUT2D eigenvalue weighted by atomic mass is 10.1. The van der Waals surface area contributed by atoms with Crippen molar-refractivity contribution in [1.29, 1.82) is 0 Å². The second-order valence-corrected chi connectivity index (χ2v) is 6.24. The van der Waals surface area contributed by atoms with Crippen LogP contribution in [0, 0.1) is 0 Å². The number of hydrogen-bond donors (Lipinski definition) is 0. The molecule has 0 aliphatic rings. The number of ether oxygens (including phenoxy) is 1. The van der Waals surface area contributed by atoms with Gasteiger partial charge in [-0.15, -0.1) is 0 Å². The van der Waals surface area contributed by atoms with E-state index in [1.54, 1.807) is 53.5 Å². The summed E-state index contributed by atoms with van der Waals surface area (Å²) in [6.45, 7) is 3.99. The Bertz CT molecular complexity index is 995. The van der Waals surface area contributed by atoms with Gasteiger partial charge < -0.3 is 9.15 Å². The van der Waals surface area contributed by atoms with Gasteiger partial charge in [0.25, 0.3) is 0 Å². The van der Waals surface area contributed by atoms with E-state index in [4.69, 9.17) is 9.15 Å². The molecule has 0 bridgehead atoms. The van der Waals surface area contributed by atoms with Crippen LogP contribution < -0.4 is 0 Å². The molecule has 0 fully saturated rings. The lowest BCUT2D eigenvalue weighted by Crippen LogP contribution is -2.02. The van der Waals surface area contributed by atoms with Crippen LogP contribution in [0.1, 0.15) is 46.4 Å². The molecule has 0 atom stereocenters. The van der Waals surface area contributed by atoms with Gasteiger partial charge in [0.1, 0.15) is 11.5 Å². The molecule has 0 saturated heterocycles. The summed E-state index contributed by atoms with van der Waals surface area (Å²) >= 11 is 0. The molecule has 27 heavy (non-hydrogen) atoms. The van der Waals surface area contributed by atoms with Crippen molar-refractivity contribution in [3.63, 3.8) is 0 Å². The summed E-state index contributed by atoms with van der Waals surface area (Å²) in [4.78, 5) is 24.2. The first-order chi connectivity index (χ1) is 13.0. The van der Waals surface area contributed by atoms with Gasteiger partial charge >= 0.3 is 5.97 Å². The third-order valence-electron chi connectivity index (χ3n) is 4.04. The van der Waals surface area contributed by atoms with E-state index in [-0.39, 0.29) is 11.8 Å². The molecule has 2 aromatic heterocycles. The van der Waals surface area contributed by atoms with Gasteiger partial charge in [-0.25, -0.2) is 4.79 Å². The van der Waals surface area contributed by atoms with Gasteiger partial charge in [-0.3, -0.25) is 9.48 Å². The van der Waals surface area contributed by atoms with Crippen molar-refractivity contribution in [1.82, 2.24) is 9.78 Å². The first-order valence-electron chi connectivity index (χ1n) is 8.53. The lowest BCUT2D eigenvalue weighted by Gasteiger charge is -2.04. The Kier molecular flexibility index (Phi) is 5.35. The fourth-order valence-corrected chi connectivity index (χ4v) is 2.57. The molecule has 138 valence electrons. The monoisotopic (exact) mass is 364 g/mol. The van der Waals surface area contributed by atoms with Crippen molar-refractivity contribution in [3.05, 3.63) is 71.8 Å². The molecule has 0 aliphatic carbocycles. The largest absolute Gasteiger partial charge is 0.465 e. The number of carbonyl (C=O) groups is 2. The summed E-state index contributed by atoms with van der Waals surface area (Å²) in [6.07, 6.45) is 6.31. The Morgan fingerprint density at radius 3 is 2.67 bits per heavy atom. The normalized spacial score (nSPS) is 11.3. The molecule has 6 heteroatoms. The Balaban J connectivity index is 1.79. The van der Waals surface area contributed by atoms with Crippen molar-refractivity contribution < 1.29 is 18.7 Å². The topological polar surface area (TPSA) is 74.3 Å². The van der Waals surface area contributed by atoms with Crippen molar-refractivity contribution in [2.45, 2.75) is 19.9 Å². The van der Waals surface area contributed by atoms with E-state index in [1.807, 2.05) is 19.9 Å². The molecule has 0 radical (unpaired) electrons. The van der Waals surface area contributed by atoms with Crippen molar-refractivity contribution >= 4 is 17.8 Å². The second kappa shape index (κ2) is 7.86. The maximum Gasteiger partial charge on any atom is 0.338 e. The predicted octanol–water partition coefficient (Wildman–Crippen LogP) is 4.41. The SMILES string of the molecule is COC(=O)c1ccccc1-c1ccc(C=CC(=O)c2cnn(C(C)C)c2)o1. The first kappa shape index (κ1) is 18.4. The summed E-state index contributed by atoms with van der Waals surface area (Å²) in [5.74, 6) is 0.441. The molecule has 0 unspecified atom stereocenters. The quantitative estimate of drug-likeness (QED) is 0.368. The number of benzene rings is 1. The highest BCUT2D eigenvalue weighted by molar-refractivity contribution is 6.06. The van der Waals surface area contributed by atoms with Crippen molar-refractivity contribution in [2.75, 3.05) is 7.11 Å². The molecule has 3 aromatic rings. The molecule has 2 heterocycles. The second-order valence-electron chi connectivity index (χ2n) is 6.24. The summed E-state index contributed by atoms with van der Waals surface area (Å²) in [7, 11) is 1.34. The lowest BCUT2D eigenvalue weighted by molar-refractivity contribution is 0.0601. The van der Waals surface area contributed by atoms with Crippen LogP contribution in [0.4, 0.5) is 0 Å². The smallest absolute Gasteiger partial charge is 0.338 e. The Morgan fingerprint density at radius 1 is 1.19 bits per heavy atom. The van der Waals surface area contributed by atoms with E-state index in [1.165, 1.54) is 13.2 Å². The van der Waals surface area contributed by atoms with Gasteiger partial charge in [0.2, 0.25) is 0 Å². The van der Waals surface area contributed by atoms with Crippen LogP contribution in [0.25, 0.3) is 17.4 Å². The number of allylic oxidation sites excluding steroid dienone is 1. The minimum absolute atomic E-state index is 0.158. The maximum absolute atomic E-state index is 12.3. The zero-order valence-corrected chi connectivity index (χ0v) is 15.4. The Morgan fingerprint density at radius 2 is 1.96 bits per heavy atom. The third kappa shape index (κ3) is 4.06. The van der Waals surface area contributed by atoms with Gasteiger partial charge in [0, 0.05) is 17.8 Å². The van der Waals surface area contributed by atoms with Crippen molar-refractivity contribution in [2.24, 2.45) is 0 Å². The Labute approximate surface area is 157 Å². The summed E-state index contributed by atoms with van der Waals surface area (Å²) < 4.78 is 12.3. The molecule has 3 rings (SSSR count). The van der Waals surface area contributed by atoms with E-state index in [9.17, 15) is 9.59 Å². The van der Waals surface area contributed by atoms with E-state index in [0.29, 0.717) is 28.2 Å². The van der Waals surface area contributed by atoms with E-state index >= 15 is 0 Å². The molecule has 0 aliphatic heterocycles. The highest BCUT2D eigenvalue weighted by atomic mass is 16.5. The van der Waals surface area contributed by atoms with Crippen LogP contribution in [-0.2, 0) is 4.74 Å².